The highest BCUT2D eigenvalue weighted by Gasteiger charge is 2.33. The van der Waals surface area contributed by atoms with Gasteiger partial charge in [-0.25, -0.2) is 4.39 Å². The predicted octanol–water partition coefficient (Wildman–Crippen LogP) is 2.44. The van der Waals surface area contributed by atoms with Crippen LogP contribution in [0, 0.1) is 11.7 Å². The maximum Gasteiger partial charge on any atom is 0.245 e. The Hall–Kier alpha value is -2.52. The number of carbonyl (C=O) groups excluding carboxylic acids is 3. The molecule has 0 radical (unpaired) electrons. The van der Waals surface area contributed by atoms with Gasteiger partial charge in [-0.2, -0.15) is 0 Å². The Balaban J connectivity index is 1.72. The summed E-state index contributed by atoms with van der Waals surface area (Å²) in [5, 5.41) is 5.47. The molecule has 35 heavy (non-hydrogen) atoms. The van der Waals surface area contributed by atoms with Crippen LogP contribution in [0.5, 0.6) is 0 Å². The number of anilines is 1. The van der Waals surface area contributed by atoms with Crippen LogP contribution < -0.4 is 16.4 Å². The second-order valence-electron chi connectivity index (χ2n) is 9.97. The lowest BCUT2D eigenvalue weighted by molar-refractivity contribution is -0.138. The van der Waals surface area contributed by atoms with Gasteiger partial charge in [-0.15, -0.1) is 0 Å². The smallest absolute Gasteiger partial charge is 0.245 e. The predicted molar refractivity (Wildman–Crippen MR) is 134 cm³/mol. The third-order valence-electron chi connectivity index (χ3n) is 7.46. The zero-order chi connectivity index (χ0) is 25.5. The van der Waals surface area contributed by atoms with Gasteiger partial charge in [0.05, 0.1) is 11.7 Å². The van der Waals surface area contributed by atoms with Crippen LogP contribution in [0.4, 0.5) is 10.1 Å². The Morgan fingerprint density at radius 3 is 2.37 bits per heavy atom. The van der Waals surface area contributed by atoms with Crippen LogP contribution in [-0.4, -0.2) is 72.8 Å². The number of carbonyl (C=O) groups is 3. The Morgan fingerprint density at radius 1 is 1.11 bits per heavy atom. The van der Waals surface area contributed by atoms with Gasteiger partial charge in [0, 0.05) is 38.5 Å². The van der Waals surface area contributed by atoms with Crippen LogP contribution in [0.1, 0.15) is 63.9 Å². The number of amides is 3. The largest absolute Gasteiger partial charge is 0.344 e. The van der Waals surface area contributed by atoms with Crippen molar-refractivity contribution in [3.05, 3.63) is 29.6 Å². The molecule has 2 fully saturated rings. The van der Waals surface area contributed by atoms with Crippen molar-refractivity contribution < 1.29 is 18.8 Å². The summed E-state index contributed by atoms with van der Waals surface area (Å²) in [6.45, 7) is 6.23. The van der Waals surface area contributed by atoms with Gasteiger partial charge < -0.3 is 26.2 Å². The average Bonchev–Trinajstić information content (AvgIpc) is 2.87. The van der Waals surface area contributed by atoms with Gasteiger partial charge in [-0.3, -0.25) is 14.4 Å². The quantitative estimate of drug-likeness (QED) is 0.520. The highest BCUT2D eigenvalue weighted by Crippen LogP contribution is 2.28. The van der Waals surface area contributed by atoms with Crippen LogP contribution in [0.3, 0.4) is 0 Å². The first-order chi connectivity index (χ1) is 16.7. The van der Waals surface area contributed by atoms with Crippen LogP contribution in [-0.2, 0) is 14.4 Å². The number of piperazine rings is 1. The third-order valence-corrected chi connectivity index (χ3v) is 7.46. The van der Waals surface area contributed by atoms with Crippen molar-refractivity contribution in [2.24, 2.45) is 11.7 Å². The van der Waals surface area contributed by atoms with E-state index in [1.54, 1.807) is 24.8 Å². The van der Waals surface area contributed by atoms with Gasteiger partial charge in [-0.1, -0.05) is 39.2 Å². The number of nitrogens with one attached hydrogen (secondary N) is 2. The Bertz CT molecular complexity index is 897. The fourth-order valence-electron chi connectivity index (χ4n) is 4.93. The van der Waals surface area contributed by atoms with E-state index in [0.717, 1.165) is 45.2 Å². The van der Waals surface area contributed by atoms with E-state index in [0.29, 0.717) is 18.7 Å². The minimum atomic E-state index is -0.801. The molecule has 0 unspecified atom stereocenters. The highest BCUT2D eigenvalue weighted by molar-refractivity contribution is 5.95. The zero-order valence-electron chi connectivity index (χ0n) is 21.2. The van der Waals surface area contributed by atoms with E-state index in [1.807, 2.05) is 7.05 Å². The molecular weight excluding hydrogens is 449 g/mol. The van der Waals surface area contributed by atoms with E-state index >= 15 is 4.39 Å². The van der Waals surface area contributed by atoms with Gasteiger partial charge in [0.1, 0.15) is 11.9 Å². The molecule has 1 aromatic rings. The molecule has 1 saturated heterocycles. The Morgan fingerprint density at radius 2 is 1.77 bits per heavy atom. The minimum absolute atomic E-state index is 0.0664. The van der Waals surface area contributed by atoms with E-state index in [2.05, 4.69) is 15.5 Å². The standard InChI is InChI=1S/C26H40FN5O3/c1-4-22(33)30-24(26(35)32-14-12-31(3)13-15-32)17(2)19-10-11-21(20(27)16-19)29-25(34)23(28)18-8-6-5-7-9-18/h10-11,16-18,23-24H,4-9,12-15,28H2,1-3H3,(H,29,34)(H,30,33)/t17-,23-,24+/m0/s1. The molecule has 3 amide bonds. The van der Waals surface area contributed by atoms with Crippen molar-refractivity contribution in [3.8, 4) is 0 Å². The van der Waals surface area contributed by atoms with E-state index in [4.69, 9.17) is 5.73 Å². The molecule has 1 saturated carbocycles. The number of nitrogens with zero attached hydrogens (tertiary/aromatic N) is 2. The van der Waals surface area contributed by atoms with Gasteiger partial charge in [0.25, 0.3) is 0 Å². The summed E-state index contributed by atoms with van der Waals surface area (Å²) in [4.78, 5) is 42.1. The number of rotatable bonds is 8. The molecule has 1 aliphatic carbocycles. The van der Waals surface area contributed by atoms with E-state index in [1.165, 1.54) is 12.1 Å². The summed E-state index contributed by atoms with van der Waals surface area (Å²) in [6.07, 6.45) is 5.37. The first-order valence-electron chi connectivity index (χ1n) is 12.8. The fourth-order valence-corrected chi connectivity index (χ4v) is 4.93. The molecule has 2 aliphatic rings. The lowest BCUT2D eigenvalue weighted by Crippen LogP contribution is -2.55. The lowest BCUT2D eigenvalue weighted by atomic mass is 9.84. The summed E-state index contributed by atoms with van der Waals surface area (Å²) in [7, 11) is 2.01. The molecule has 1 aromatic carbocycles. The molecule has 8 nitrogen and oxygen atoms in total. The number of halogens is 1. The second-order valence-corrected chi connectivity index (χ2v) is 9.97. The molecule has 0 spiro atoms. The molecule has 0 bridgehead atoms. The monoisotopic (exact) mass is 489 g/mol. The van der Waals surface area contributed by atoms with Crippen molar-refractivity contribution >= 4 is 23.4 Å². The van der Waals surface area contributed by atoms with Crippen molar-refractivity contribution in [2.75, 3.05) is 38.5 Å². The highest BCUT2D eigenvalue weighted by atomic mass is 19.1. The van der Waals surface area contributed by atoms with Crippen molar-refractivity contribution in [3.63, 3.8) is 0 Å². The van der Waals surface area contributed by atoms with Gasteiger partial charge in [0.15, 0.2) is 0 Å². The van der Waals surface area contributed by atoms with Gasteiger partial charge in [-0.05, 0) is 43.5 Å². The SMILES string of the molecule is CCC(=O)N[C@@H](C(=O)N1CCN(C)CC1)[C@@H](C)c1ccc(NC(=O)[C@@H](N)C2CCCCC2)c(F)c1. The Kier molecular flexibility index (Phi) is 9.63. The van der Waals surface area contributed by atoms with Crippen molar-refractivity contribution in [1.29, 1.82) is 0 Å². The fraction of sp³-hybridized carbons (Fsp3) is 0.654. The molecule has 1 heterocycles. The van der Waals surface area contributed by atoms with Crippen LogP contribution in [0.25, 0.3) is 0 Å². The summed E-state index contributed by atoms with van der Waals surface area (Å²) in [5.74, 6) is -1.70. The number of nitrogens with two attached hydrogens (primary N) is 1. The first-order valence-corrected chi connectivity index (χ1v) is 12.8. The molecular formula is C26H40FN5O3. The normalized spacial score (nSPS) is 20.1. The minimum Gasteiger partial charge on any atom is -0.344 e. The van der Waals surface area contributed by atoms with E-state index < -0.39 is 23.8 Å². The van der Waals surface area contributed by atoms with Crippen LogP contribution in [0.15, 0.2) is 18.2 Å². The maximum atomic E-state index is 15.0. The van der Waals surface area contributed by atoms with Crippen LogP contribution in [0.2, 0.25) is 0 Å². The molecule has 9 heteroatoms. The van der Waals surface area contributed by atoms with E-state index in [-0.39, 0.29) is 35.7 Å². The lowest BCUT2D eigenvalue weighted by Gasteiger charge is -2.36. The summed E-state index contributed by atoms with van der Waals surface area (Å²) in [5.41, 5.74) is 6.80. The maximum absolute atomic E-state index is 15.0. The summed E-state index contributed by atoms with van der Waals surface area (Å²) in [6, 6.07) is 3.06. The van der Waals surface area contributed by atoms with Crippen molar-refractivity contribution in [1.82, 2.24) is 15.1 Å². The second kappa shape index (κ2) is 12.4. The molecule has 3 atom stereocenters. The zero-order valence-corrected chi connectivity index (χ0v) is 21.2. The number of hydrogen-bond donors (Lipinski definition) is 3. The number of hydrogen-bond acceptors (Lipinski definition) is 5. The molecule has 4 N–H and O–H groups in total. The van der Waals surface area contributed by atoms with Gasteiger partial charge in [0.2, 0.25) is 17.7 Å². The number of benzene rings is 1. The average molecular weight is 490 g/mol. The van der Waals surface area contributed by atoms with Crippen LogP contribution >= 0.6 is 0 Å². The van der Waals surface area contributed by atoms with E-state index in [9.17, 15) is 14.4 Å². The van der Waals surface area contributed by atoms with Gasteiger partial charge >= 0.3 is 0 Å². The number of likely N-dealkylation sites (N-methyl/N-ethyl adjacent to an activating group) is 1. The molecule has 0 aromatic heterocycles. The first kappa shape index (κ1) is 27.1. The Labute approximate surface area is 207 Å². The molecule has 194 valence electrons. The van der Waals surface area contributed by atoms with Crippen molar-refractivity contribution in [2.45, 2.75) is 70.4 Å². The topological polar surface area (TPSA) is 108 Å². The molecule has 3 rings (SSSR count). The summed E-state index contributed by atoms with van der Waals surface area (Å²) < 4.78 is 15.0. The molecule has 1 aliphatic heterocycles. The summed E-state index contributed by atoms with van der Waals surface area (Å²) >= 11 is 0. The third kappa shape index (κ3) is 7.01.